The smallest absolute Gasteiger partial charge is 0.307 e. The van der Waals surface area contributed by atoms with Gasteiger partial charge in [0.1, 0.15) is 5.75 Å². The van der Waals surface area contributed by atoms with E-state index in [0.29, 0.717) is 13.0 Å². The maximum absolute atomic E-state index is 11.6. The maximum atomic E-state index is 11.6. The Morgan fingerprint density at radius 1 is 1.33 bits per heavy atom. The number of hydrogen-bond donors (Lipinski definition) is 1. The van der Waals surface area contributed by atoms with Crippen LogP contribution in [0.5, 0.6) is 5.75 Å². The van der Waals surface area contributed by atoms with E-state index in [-0.39, 0.29) is 5.97 Å². The lowest BCUT2D eigenvalue weighted by Crippen LogP contribution is -2.39. The van der Waals surface area contributed by atoms with Crippen LogP contribution in [0, 0.1) is 0 Å². The van der Waals surface area contributed by atoms with Gasteiger partial charge in [0.25, 0.3) is 0 Å². The summed E-state index contributed by atoms with van der Waals surface area (Å²) in [4.78, 5) is 11.6. The van der Waals surface area contributed by atoms with Crippen molar-refractivity contribution in [2.45, 2.75) is 25.8 Å². The van der Waals surface area contributed by atoms with Crippen LogP contribution in [0.3, 0.4) is 0 Å². The molecule has 100 valence electrons. The molecule has 0 unspecified atom stereocenters. The predicted molar refractivity (Wildman–Crippen MR) is 70.7 cm³/mol. The molecule has 0 fully saturated rings. The van der Waals surface area contributed by atoms with Crippen molar-refractivity contribution in [2.75, 3.05) is 20.8 Å². The standard InChI is InChI=1S/C14H21NO3/c1-5-18-13(16)10-14(2,15-3)11-6-8-12(17-4)9-7-11/h6-9,15H,5,10H2,1-4H3/t14-/m0/s1. The molecule has 1 rings (SSSR count). The first-order valence-electron chi connectivity index (χ1n) is 6.04. The number of ether oxygens (including phenoxy) is 2. The Bertz CT molecular complexity index is 389. The predicted octanol–water partition coefficient (Wildman–Crippen LogP) is 2.08. The minimum absolute atomic E-state index is 0.204. The van der Waals surface area contributed by atoms with Crippen molar-refractivity contribution in [3.05, 3.63) is 29.8 Å². The Hall–Kier alpha value is -1.55. The number of rotatable bonds is 6. The first kappa shape index (κ1) is 14.5. The summed E-state index contributed by atoms with van der Waals surface area (Å²) >= 11 is 0. The molecule has 1 atom stereocenters. The van der Waals surface area contributed by atoms with E-state index in [1.807, 2.05) is 45.2 Å². The molecule has 0 saturated carbocycles. The highest BCUT2D eigenvalue weighted by molar-refractivity contribution is 5.71. The fourth-order valence-electron chi connectivity index (χ4n) is 1.79. The minimum atomic E-state index is -0.432. The van der Waals surface area contributed by atoms with Crippen LogP contribution in [0.2, 0.25) is 0 Å². The van der Waals surface area contributed by atoms with E-state index in [0.717, 1.165) is 11.3 Å². The van der Waals surface area contributed by atoms with Crippen molar-refractivity contribution in [3.8, 4) is 5.75 Å². The third-order valence-corrected chi connectivity index (χ3v) is 3.08. The Morgan fingerprint density at radius 2 is 1.94 bits per heavy atom. The van der Waals surface area contributed by atoms with Crippen LogP contribution in [-0.2, 0) is 15.1 Å². The monoisotopic (exact) mass is 251 g/mol. The molecule has 0 bridgehead atoms. The van der Waals surface area contributed by atoms with E-state index >= 15 is 0 Å². The third kappa shape index (κ3) is 3.47. The molecule has 0 radical (unpaired) electrons. The van der Waals surface area contributed by atoms with E-state index < -0.39 is 5.54 Å². The molecule has 0 amide bonds. The SMILES string of the molecule is CCOC(=O)C[C@](C)(NC)c1ccc(OC)cc1. The number of methoxy groups -OCH3 is 1. The zero-order valence-electron chi connectivity index (χ0n) is 11.4. The van der Waals surface area contributed by atoms with Crippen LogP contribution in [0.15, 0.2) is 24.3 Å². The zero-order chi connectivity index (χ0) is 13.6. The molecule has 0 aliphatic rings. The van der Waals surface area contributed by atoms with Crippen molar-refractivity contribution in [1.29, 1.82) is 0 Å². The summed E-state index contributed by atoms with van der Waals surface area (Å²) in [7, 11) is 3.47. The average molecular weight is 251 g/mol. The highest BCUT2D eigenvalue weighted by Crippen LogP contribution is 2.26. The number of nitrogens with one attached hydrogen (secondary N) is 1. The Labute approximate surface area is 108 Å². The normalized spacial score (nSPS) is 13.8. The van der Waals surface area contributed by atoms with Gasteiger partial charge in [0.15, 0.2) is 0 Å². The van der Waals surface area contributed by atoms with E-state index in [1.165, 1.54) is 0 Å². The van der Waals surface area contributed by atoms with Crippen molar-refractivity contribution in [3.63, 3.8) is 0 Å². The van der Waals surface area contributed by atoms with E-state index in [9.17, 15) is 4.79 Å². The van der Waals surface area contributed by atoms with Gasteiger partial charge in [0.05, 0.1) is 25.7 Å². The summed E-state index contributed by atoms with van der Waals surface area (Å²) in [5.41, 5.74) is 0.595. The van der Waals surface area contributed by atoms with Gasteiger partial charge in [0.2, 0.25) is 0 Å². The van der Waals surface area contributed by atoms with Crippen LogP contribution < -0.4 is 10.1 Å². The van der Waals surface area contributed by atoms with Gasteiger partial charge in [-0.15, -0.1) is 0 Å². The molecule has 0 aliphatic carbocycles. The molecule has 1 N–H and O–H groups in total. The van der Waals surface area contributed by atoms with Gasteiger partial charge >= 0.3 is 5.97 Å². The van der Waals surface area contributed by atoms with Gasteiger partial charge in [-0.05, 0) is 38.6 Å². The van der Waals surface area contributed by atoms with Crippen molar-refractivity contribution >= 4 is 5.97 Å². The lowest BCUT2D eigenvalue weighted by molar-refractivity contribution is -0.144. The largest absolute Gasteiger partial charge is 0.497 e. The lowest BCUT2D eigenvalue weighted by atomic mass is 9.89. The highest BCUT2D eigenvalue weighted by Gasteiger charge is 2.28. The zero-order valence-corrected chi connectivity index (χ0v) is 11.4. The third-order valence-electron chi connectivity index (χ3n) is 3.08. The van der Waals surface area contributed by atoms with Crippen molar-refractivity contribution < 1.29 is 14.3 Å². The summed E-state index contributed by atoms with van der Waals surface area (Å²) in [6.45, 7) is 4.19. The van der Waals surface area contributed by atoms with Crippen LogP contribution in [0.25, 0.3) is 0 Å². The number of carbonyl (C=O) groups is 1. The van der Waals surface area contributed by atoms with Crippen molar-refractivity contribution in [2.24, 2.45) is 0 Å². The van der Waals surface area contributed by atoms with Crippen molar-refractivity contribution in [1.82, 2.24) is 5.32 Å². The number of hydrogen-bond acceptors (Lipinski definition) is 4. The summed E-state index contributed by atoms with van der Waals surface area (Å²) in [6.07, 6.45) is 0.295. The second-order valence-corrected chi connectivity index (χ2v) is 4.29. The molecule has 0 heterocycles. The number of esters is 1. The molecule has 18 heavy (non-hydrogen) atoms. The first-order valence-corrected chi connectivity index (χ1v) is 6.04. The molecule has 0 spiro atoms. The Balaban J connectivity index is 2.88. The van der Waals surface area contributed by atoms with Gasteiger partial charge in [-0.1, -0.05) is 12.1 Å². The van der Waals surface area contributed by atoms with Gasteiger partial charge in [-0.25, -0.2) is 0 Å². The van der Waals surface area contributed by atoms with Crippen LogP contribution in [0.4, 0.5) is 0 Å². The highest BCUT2D eigenvalue weighted by atomic mass is 16.5. The van der Waals surface area contributed by atoms with Crippen LogP contribution in [0.1, 0.15) is 25.8 Å². The van der Waals surface area contributed by atoms with E-state index in [1.54, 1.807) is 7.11 Å². The summed E-state index contributed by atoms with van der Waals surface area (Å²) in [6, 6.07) is 7.68. The lowest BCUT2D eigenvalue weighted by Gasteiger charge is -2.29. The molecule has 0 saturated heterocycles. The number of carbonyl (C=O) groups excluding carboxylic acids is 1. The average Bonchev–Trinajstić information content (AvgIpc) is 2.39. The molecule has 0 aromatic heterocycles. The first-order chi connectivity index (χ1) is 8.55. The summed E-state index contributed by atoms with van der Waals surface area (Å²) in [5.74, 6) is 0.596. The Morgan fingerprint density at radius 3 is 2.39 bits per heavy atom. The Kier molecular flexibility index (Phi) is 5.16. The van der Waals surface area contributed by atoms with E-state index in [2.05, 4.69) is 5.32 Å². The fraction of sp³-hybridized carbons (Fsp3) is 0.500. The number of benzene rings is 1. The van der Waals surface area contributed by atoms with Crippen LogP contribution in [-0.4, -0.2) is 26.7 Å². The molecule has 0 aliphatic heterocycles. The second kappa shape index (κ2) is 6.40. The fourth-order valence-corrected chi connectivity index (χ4v) is 1.79. The molecular formula is C14H21NO3. The second-order valence-electron chi connectivity index (χ2n) is 4.29. The van der Waals surface area contributed by atoms with Crippen LogP contribution >= 0.6 is 0 Å². The minimum Gasteiger partial charge on any atom is -0.497 e. The molecule has 4 nitrogen and oxygen atoms in total. The maximum Gasteiger partial charge on any atom is 0.307 e. The summed E-state index contributed by atoms with van der Waals surface area (Å²) < 4.78 is 10.1. The molecule has 1 aromatic carbocycles. The topological polar surface area (TPSA) is 47.6 Å². The molecular weight excluding hydrogens is 230 g/mol. The van der Waals surface area contributed by atoms with Gasteiger partial charge in [-0.3, -0.25) is 4.79 Å². The van der Waals surface area contributed by atoms with E-state index in [4.69, 9.17) is 9.47 Å². The molecule has 1 aromatic rings. The van der Waals surface area contributed by atoms with Gasteiger partial charge < -0.3 is 14.8 Å². The quantitative estimate of drug-likeness (QED) is 0.786. The van der Waals surface area contributed by atoms with Gasteiger partial charge in [-0.2, -0.15) is 0 Å². The van der Waals surface area contributed by atoms with Gasteiger partial charge in [0, 0.05) is 0 Å². The molecule has 4 heteroatoms. The summed E-state index contributed by atoms with van der Waals surface area (Å²) in [5, 5.41) is 3.18.